The van der Waals surface area contributed by atoms with Gasteiger partial charge in [0.05, 0.1) is 17.7 Å². The number of carbonyl (C=O) groups is 2. The van der Waals surface area contributed by atoms with Crippen LogP contribution in [-0.4, -0.2) is 51.9 Å². The molecular weight excluding hydrogens is 561 g/mol. The molecule has 0 spiro atoms. The second-order valence-corrected chi connectivity index (χ2v) is 11.5. The number of carbonyl (C=O) groups excluding carboxylic acids is 2. The molecule has 11 heteroatoms. The maximum Gasteiger partial charge on any atom is 0.264 e. The van der Waals surface area contributed by atoms with Gasteiger partial charge in [0.25, 0.3) is 10.0 Å². The highest BCUT2D eigenvalue weighted by Gasteiger charge is 2.33. The number of sulfonamides is 1. The van der Waals surface area contributed by atoms with E-state index in [4.69, 9.17) is 27.9 Å². The smallest absolute Gasteiger partial charge is 0.264 e. The van der Waals surface area contributed by atoms with Gasteiger partial charge in [-0.3, -0.25) is 13.9 Å². The number of hydrogen-bond donors (Lipinski definition) is 1. The lowest BCUT2D eigenvalue weighted by molar-refractivity contribution is -0.140. The van der Waals surface area contributed by atoms with Crippen molar-refractivity contribution in [3.05, 3.63) is 87.9 Å². The number of amides is 2. The first-order valence-electron chi connectivity index (χ1n) is 12.2. The van der Waals surface area contributed by atoms with Crippen LogP contribution in [0.1, 0.15) is 24.5 Å². The summed E-state index contributed by atoms with van der Waals surface area (Å²) in [5.41, 5.74) is 1.80. The maximum atomic E-state index is 13.9. The van der Waals surface area contributed by atoms with Crippen molar-refractivity contribution in [2.45, 2.75) is 37.8 Å². The number of halogens is 2. The lowest BCUT2D eigenvalue weighted by Gasteiger charge is -2.33. The molecule has 1 N–H and O–H groups in total. The summed E-state index contributed by atoms with van der Waals surface area (Å²) in [5, 5.41) is 3.34. The van der Waals surface area contributed by atoms with E-state index in [0.29, 0.717) is 33.5 Å². The summed E-state index contributed by atoms with van der Waals surface area (Å²) in [6.45, 7) is 3.08. The molecule has 208 valence electrons. The summed E-state index contributed by atoms with van der Waals surface area (Å²) in [7, 11) is -1.21. The Kier molecular flexibility index (Phi) is 10.2. The van der Waals surface area contributed by atoms with Crippen LogP contribution in [-0.2, 0) is 26.2 Å². The third kappa shape index (κ3) is 7.23. The Hall–Kier alpha value is -3.27. The highest BCUT2D eigenvalue weighted by atomic mass is 35.5. The van der Waals surface area contributed by atoms with E-state index in [9.17, 15) is 18.0 Å². The summed E-state index contributed by atoms with van der Waals surface area (Å²) in [6.07, 6.45) is 0.298. The third-order valence-corrected chi connectivity index (χ3v) is 8.61. The number of methoxy groups -OCH3 is 1. The molecule has 3 aromatic rings. The Balaban J connectivity index is 2.07. The number of nitrogens with one attached hydrogen (secondary N) is 1. The largest absolute Gasteiger partial charge is 0.497 e. The molecule has 0 radical (unpaired) electrons. The van der Waals surface area contributed by atoms with E-state index < -0.39 is 28.5 Å². The molecule has 1 atom stereocenters. The normalized spacial score (nSPS) is 11.9. The van der Waals surface area contributed by atoms with Crippen molar-refractivity contribution in [2.24, 2.45) is 0 Å². The van der Waals surface area contributed by atoms with Gasteiger partial charge in [-0.15, -0.1) is 0 Å². The number of rotatable bonds is 11. The number of ether oxygens (including phenoxy) is 1. The Morgan fingerprint density at radius 2 is 1.64 bits per heavy atom. The number of anilines is 1. The molecule has 0 aliphatic carbocycles. The van der Waals surface area contributed by atoms with E-state index in [0.717, 1.165) is 9.87 Å². The Morgan fingerprint density at radius 1 is 1.00 bits per heavy atom. The number of nitrogens with zero attached hydrogens (tertiary/aromatic N) is 2. The molecule has 3 rings (SSSR count). The first kappa shape index (κ1) is 30.3. The molecule has 0 fully saturated rings. The Morgan fingerprint density at radius 3 is 2.18 bits per heavy atom. The first-order valence-corrected chi connectivity index (χ1v) is 14.4. The molecule has 0 heterocycles. The average molecular weight is 593 g/mol. The number of hydrogen-bond acceptors (Lipinski definition) is 5. The van der Waals surface area contributed by atoms with Gasteiger partial charge in [-0.1, -0.05) is 53.9 Å². The number of aryl methyl sites for hydroxylation is 1. The molecule has 0 saturated heterocycles. The standard InChI is InChI=1S/C28H31Cl2N3O5S/c1-5-26(28(35)31-3)32(17-20-8-9-21(29)16-25(20)30)27(34)18-33(22-10-6-19(2)7-11-22)39(36,37)24-14-12-23(38-4)13-15-24/h6-16,26H,5,17-18H2,1-4H3,(H,31,35)/t26-/m1/s1. The van der Waals surface area contributed by atoms with Crippen LogP contribution in [0.2, 0.25) is 10.0 Å². The molecule has 0 saturated carbocycles. The van der Waals surface area contributed by atoms with Crippen molar-refractivity contribution in [1.82, 2.24) is 10.2 Å². The molecule has 3 aromatic carbocycles. The second-order valence-electron chi connectivity index (χ2n) is 8.82. The molecule has 0 aromatic heterocycles. The van der Waals surface area contributed by atoms with E-state index in [1.165, 1.54) is 43.3 Å². The number of benzene rings is 3. The monoisotopic (exact) mass is 591 g/mol. The zero-order chi connectivity index (χ0) is 28.7. The van der Waals surface area contributed by atoms with Gasteiger partial charge >= 0.3 is 0 Å². The minimum Gasteiger partial charge on any atom is -0.497 e. The highest BCUT2D eigenvalue weighted by molar-refractivity contribution is 7.92. The van der Waals surface area contributed by atoms with Gasteiger partial charge in [-0.05, 0) is 67.4 Å². The van der Waals surface area contributed by atoms with Crippen molar-refractivity contribution in [3.8, 4) is 5.75 Å². The van der Waals surface area contributed by atoms with Crippen LogP contribution >= 0.6 is 23.2 Å². The second kappa shape index (κ2) is 13.2. The van der Waals surface area contributed by atoms with Crippen molar-refractivity contribution in [1.29, 1.82) is 0 Å². The van der Waals surface area contributed by atoms with E-state index in [-0.39, 0.29) is 17.3 Å². The fraction of sp³-hybridized carbons (Fsp3) is 0.286. The van der Waals surface area contributed by atoms with Gasteiger partial charge in [0.15, 0.2) is 0 Å². The highest BCUT2D eigenvalue weighted by Crippen LogP contribution is 2.28. The zero-order valence-electron chi connectivity index (χ0n) is 22.1. The van der Waals surface area contributed by atoms with Gasteiger partial charge in [0.2, 0.25) is 11.8 Å². The molecule has 0 bridgehead atoms. The fourth-order valence-corrected chi connectivity index (χ4v) is 5.92. The molecule has 39 heavy (non-hydrogen) atoms. The maximum absolute atomic E-state index is 13.9. The molecule has 0 aliphatic heterocycles. The minimum absolute atomic E-state index is 0.0117. The van der Waals surface area contributed by atoms with Gasteiger partial charge in [-0.25, -0.2) is 8.42 Å². The van der Waals surface area contributed by atoms with Crippen molar-refractivity contribution in [3.63, 3.8) is 0 Å². The molecule has 0 unspecified atom stereocenters. The van der Waals surface area contributed by atoms with Gasteiger partial charge in [0.1, 0.15) is 18.3 Å². The number of likely N-dealkylation sites (N-methyl/N-ethyl adjacent to an activating group) is 1. The van der Waals surface area contributed by atoms with E-state index in [2.05, 4.69) is 5.32 Å². The van der Waals surface area contributed by atoms with Crippen LogP contribution in [0.5, 0.6) is 5.75 Å². The summed E-state index contributed by atoms with van der Waals surface area (Å²) in [6, 6.07) is 16.7. The first-order chi connectivity index (χ1) is 18.5. The van der Waals surface area contributed by atoms with Crippen LogP contribution in [0.25, 0.3) is 0 Å². The lowest BCUT2D eigenvalue weighted by Crippen LogP contribution is -2.51. The van der Waals surface area contributed by atoms with Crippen LogP contribution in [0.4, 0.5) is 5.69 Å². The Labute approximate surface area is 239 Å². The van der Waals surface area contributed by atoms with Gasteiger partial charge in [0, 0.05) is 23.6 Å². The predicted molar refractivity (Wildman–Crippen MR) is 154 cm³/mol. The predicted octanol–water partition coefficient (Wildman–Crippen LogP) is 5.06. The van der Waals surface area contributed by atoms with Crippen LogP contribution in [0.15, 0.2) is 71.6 Å². The minimum atomic E-state index is -4.18. The third-order valence-electron chi connectivity index (χ3n) is 6.24. The molecule has 0 aliphatic rings. The summed E-state index contributed by atoms with van der Waals surface area (Å²) in [4.78, 5) is 28.0. The summed E-state index contributed by atoms with van der Waals surface area (Å²) < 4.78 is 33.9. The topological polar surface area (TPSA) is 96.0 Å². The zero-order valence-corrected chi connectivity index (χ0v) is 24.5. The quantitative estimate of drug-likeness (QED) is 0.336. The SMILES string of the molecule is CC[C@H](C(=O)NC)N(Cc1ccc(Cl)cc1Cl)C(=O)CN(c1ccc(C)cc1)S(=O)(=O)c1ccc(OC)cc1. The Bertz CT molecular complexity index is 1410. The van der Waals surface area contributed by atoms with Crippen molar-refractivity contribution in [2.75, 3.05) is 25.0 Å². The van der Waals surface area contributed by atoms with E-state index in [1.54, 1.807) is 49.4 Å². The van der Waals surface area contributed by atoms with Crippen LogP contribution in [0, 0.1) is 6.92 Å². The van der Waals surface area contributed by atoms with Crippen molar-refractivity contribution >= 4 is 50.7 Å². The van der Waals surface area contributed by atoms with Crippen molar-refractivity contribution < 1.29 is 22.7 Å². The van der Waals surface area contributed by atoms with E-state index >= 15 is 0 Å². The van der Waals surface area contributed by atoms with Crippen LogP contribution < -0.4 is 14.4 Å². The summed E-state index contributed by atoms with van der Waals surface area (Å²) >= 11 is 12.4. The van der Waals surface area contributed by atoms with E-state index in [1.807, 2.05) is 6.92 Å². The molecule has 8 nitrogen and oxygen atoms in total. The van der Waals surface area contributed by atoms with Gasteiger partial charge in [-0.2, -0.15) is 0 Å². The lowest BCUT2D eigenvalue weighted by atomic mass is 10.1. The fourth-order valence-electron chi connectivity index (χ4n) is 4.03. The average Bonchev–Trinajstić information content (AvgIpc) is 2.93. The molecular formula is C28H31Cl2N3O5S. The summed E-state index contributed by atoms with van der Waals surface area (Å²) in [5.74, 6) is -0.459. The van der Waals surface area contributed by atoms with Gasteiger partial charge < -0.3 is 15.0 Å². The van der Waals surface area contributed by atoms with Crippen LogP contribution in [0.3, 0.4) is 0 Å². The molecule has 2 amide bonds.